The van der Waals surface area contributed by atoms with Gasteiger partial charge in [0.15, 0.2) is 0 Å². The van der Waals surface area contributed by atoms with E-state index in [1.165, 1.54) is 49.0 Å². The second kappa shape index (κ2) is 9.59. The van der Waals surface area contributed by atoms with Crippen molar-refractivity contribution in [3.8, 4) is 11.1 Å². The highest BCUT2D eigenvalue weighted by molar-refractivity contribution is 5.85. The average Bonchev–Trinajstić information content (AvgIpc) is 3.46. The van der Waals surface area contributed by atoms with Gasteiger partial charge in [0.05, 0.1) is 0 Å². The van der Waals surface area contributed by atoms with E-state index in [4.69, 9.17) is 0 Å². The van der Waals surface area contributed by atoms with Gasteiger partial charge in [-0.1, -0.05) is 61.4 Å². The van der Waals surface area contributed by atoms with Gasteiger partial charge in [-0.05, 0) is 35.1 Å². The van der Waals surface area contributed by atoms with Crippen molar-refractivity contribution in [3.63, 3.8) is 0 Å². The van der Waals surface area contributed by atoms with E-state index in [-0.39, 0.29) is 24.8 Å². The molecule has 1 atom stereocenters. The molecule has 1 saturated heterocycles. The minimum atomic E-state index is 0. The van der Waals surface area contributed by atoms with Crippen molar-refractivity contribution in [2.75, 3.05) is 26.2 Å². The summed E-state index contributed by atoms with van der Waals surface area (Å²) in [5, 5.41) is 3.49. The van der Waals surface area contributed by atoms with Crippen LogP contribution < -0.4 is 5.32 Å². The van der Waals surface area contributed by atoms with Gasteiger partial charge in [-0.25, -0.2) is 0 Å². The van der Waals surface area contributed by atoms with E-state index in [1.807, 2.05) is 0 Å². The number of halogens is 2. The zero-order valence-electron chi connectivity index (χ0n) is 14.6. The quantitative estimate of drug-likeness (QED) is 0.791. The SMILES string of the molecule is Cl.Cl.c1ccc(-c2cccc([C@@H](CC3CC3)N3CCNCC3)c2)cc1. The standard InChI is InChI=1S/C21H26N2.2ClH/c1-2-5-18(6-3-1)19-7-4-8-20(16-19)21(15-17-9-10-17)23-13-11-22-12-14-23;;/h1-8,16-17,21-22H,9-15H2;2*1H/t21-;;/m1../s1. The van der Waals surface area contributed by atoms with Crippen LogP contribution in [-0.4, -0.2) is 31.1 Å². The molecule has 1 saturated carbocycles. The van der Waals surface area contributed by atoms with E-state index in [1.54, 1.807) is 0 Å². The van der Waals surface area contributed by atoms with Crippen molar-refractivity contribution in [2.24, 2.45) is 5.92 Å². The molecule has 0 unspecified atom stereocenters. The molecule has 1 N–H and O–H groups in total. The molecule has 1 heterocycles. The van der Waals surface area contributed by atoms with Crippen LogP contribution in [0.3, 0.4) is 0 Å². The number of nitrogens with one attached hydrogen (secondary N) is 1. The van der Waals surface area contributed by atoms with Gasteiger partial charge >= 0.3 is 0 Å². The molecule has 0 bridgehead atoms. The molecule has 2 fully saturated rings. The molecule has 2 aromatic rings. The molecule has 0 spiro atoms. The van der Waals surface area contributed by atoms with Gasteiger partial charge in [0.2, 0.25) is 0 Å². The van der Waals surface area contributed by atoms with Crippen LogP contribution >= 0.6 is 24.8 Å². The monoisotopic (exact) mass is 378 g/mol. The Morgan fingerprint density at radius 2 is 1.56 bits per heavy atom. The lowest BCUT2D eigenvalue weighted by Gasteiger charge is -2.35. The summed E-state index contributed by atoms with van der Waals surface area (Å²) < 4.78 is 0. The maximum Gasteiger partial charge on any atom is 0.0352 e. The molecule has 0 radical (unpaired) electrons. The van der Waals surface area contributed by atoms with Crippen molar-refractivity contribution in [3.05, 3.63) is 60.2 Å². The highest BCUT2D eigenvalue weighted by atomic mass is 35.5. The lowest BCUT2D eigenvalue weighted by atomic mass is 9.95. The van der Waals surface area contributed by atoms with Crippen LogP contribution in [0.4, 0.5) is 0 Å². The van der Waals surface area contributed by atoms with Crippen molar-refractivity contribution >= 4 is 24.8 Å². The maximum absolute atomic E-state index is 3.49. The third-order valence-corrected chi connectivity index (χ3v) is 5.22. The fourth-order valence-electron chi connectivity index (χ4n) is 3.72. The Balaban J connectivity index is 0.00000113. The summed E-state index contributed by atoms with van der Waals surface area (Å²) in [6.07, 6.45) is 4.19. The van der Waals surface area contributed by atoms with E-state index in [2.05, 4.69) is 64.8 Å². The molecule has 1 aliphatic carbocycles. The molecule has 2 aliphatic rings. The van der Waals surface area contributed by atoms with Crippen LogP contribution in [0.1, 0.15) is 30.9 Å². The minimum Gasteiger partial charge on any atom is -0.314 e. The van der Waals surface area contributed by atoms with E-state index < -0.39 is 0 Å². The molecular weight excluding hydrogens is 351 g/mol. The van der Waals surface area contributed by atoms with Crippen molar-refractivity contribution < 1.29 is 0 Å². The third-order valence-electron chi connectivity index (χ3n) is 5.22. The molecule has 136 valence electrons. The van der Waals surface area contributed by atoms with Crippen molar-refractivity contribution in [2.45, 2.75) is 25.3 Å². The fourth-order valence-corrected chi connectivity index (χ4v) is 3.72. The summed E-state index contributed by atoms with van der Waals surface area (Å²) in [6, 6.07) is 20.6. The summed E-state index contributed by atoms with van der Waals surface area (Å²) in [7, 11) is 0. The summed E-state index contributed by atoms with van der Waals surface area (Å²) >= 11 is 0. The van der Waals surface area contributed by atoms with Gasteiger partial charge in [0.1, 0.15) is 0 Å². The Morgan fingerprint density at radius 1 is 0.880 bits per heavy atom. The van der Waals surface area contributed by atoms with Crippen LogP contribution in [0.5, 0.6) is 0 Å². The molecule has 4 rings (SSSR count). The van der Waals surface area contributed by atoms with E-state index in [0.29, 0.717) is 6.04 Å². The first-order valence-electron chi connectivity index (χ1n) is 9.00. The maximum atomic E-state index is 3.49. The second-order valence-electron chi connectivity index (χ2n) is 6.97. The van der Waals surface area contributed by atoms with E-state index >= 15 is 0 Å². The first-order valence-corrected chi connectivity index (χ1v) is 9.00. The van der Waals surface area contributed by atoms with Crippen molar-refractivity contribution in [1.29, 1.82) is 0 Å². The molecule has 4 heteroatoms. The first kappa shape index (κ1) is 20.3. The average molecular weight is 379 g/mol. The number of hydrogen-bond donors (Lipinski definition) is 1. The Bertz CT molecular complexity index is 637. The van der Waals surface area contributed by atoms with Gasteiger partial charge < -0.3 is 5.32 Å². The number of nitrogens with zero attached hydrogens (tertiary/aromatic N) is 1. The highest BCUT2D eigenvalue weighted by Crippen LogP contribution is 2.40. The summed E-state index contributed by atoms with van der Waals surface area (Å²) in [5.74, 6) is 0.954. The smallest absolute Gasteiger partial charge is 0.0352 e. The normalized spacial score (nSPS) is 18.7. The van der Waals surface area contributed by atoms with Gasteiger partial charge in [0, 0.05) is 32.2 Å². The molecular formula is C21H28Cl2N2. The molecule has 2 nitrogen and oxygen atoms in total. The lowest BCUT2D eigenvalue weighted by Crippen LogP contribution is -2.45. The second-order valence-corrected chi connectivity index (χ2v) is 6.97. The Labute approximate surface area is 163 Å². The van der Waals surface area contributed by atoms with Crippen LogP contribution in [0.15, 0.2) is 54.6 Å². The number of benzene rings is 2. The zero-order chi connectivity index (χ0) is 15.5. The minimum absolute atomic E-state index is 0. The topological polar surface area (TPSA) is 15.3 Å². The largest absolute Gasteiger partial charge is 0.314 e. The van der Waals surface area contributed by atoms with Crippen LogP contribution in [0.2, 0.25) is 0 Å². The number of rotatable bonds is 5. The molecule has 25 heavy (non-hydrogen) atoms. The van der Waals surface area contributed by atoms with Gasteiger partial charge in [0.25, 0.3) is 0 Å². The fraction of sp³-hybridized carbons (Fsp3) is 0.429. The van der Waals surface area contributed by atoms with Crippen LogP contribution in [0.25, 0.3) is 11.1 Å². The van der Waals surface area contributed by atoms with E-state index in [0.717, 1.165) is 19.0 Å². The Hall–Kier alpha value is -1.06. The third kappa shape index (κ3) is 5.21. The highest BCUT2D eigenvalue weighted by Gasteiger charge is 2.30. The predicted octanol–water partition coefficient (Wildman–Crippen LogP) is 4.94. The molecule has 2 aromatic carbocycles. The van der Waals surface area contributed by atoms with Crippen LogP contribution in [-0.2, 0) is 0 Å². The molecule has 0 amide bonds. The summed E-state index contributed by atoms with van der Waals surface area (Å²) in [4.78, 5) is 2.69. The van der Waals surface area contributed by atoms with E-state index in [9.17, 15) is 0 Å². The number of piperazine rings is 1. The van der Waals surface area contributed by atoms with Gasteiger partial charge in [-0.15, -0.1) is 24.8 Å². The Morgan fingerprint density at radius 3 is 2.24 bits per heavy atom. The van der Waals surface area contributed by atoms with Crippen LogP contribution in [0, 0.1) is 5.92 Å². The first-order chi connectivity index (χ1) is 11.4. The summed E-state index contributed by atoms with van der Waals surface area (Å²) in [5.41, 5.74) is 4.17. The Kier molecular flexibility index (Phi) is 7.77. The number of hydrogen-bond acceptors (Lipinski definition) is 2. The summed E-state index contributed by atoms with van der Waals surface area (Å²) in [6.45, 7) is 4.60. The molecule has 1 aliphatic heterocycles. The lowest BCUT2D eigenvalue weighted by molar-refractivity contribution is 0.160. The van der Waals surface area contributed by atoms with Crippen molar-refractivity contribution in [1.82, 2.24) is 10.2 Å². The van der Waals surface area contributed by atoms with Gasteiger partial charge in [-0.2, -0.15) is 0 Å². The predicted molar refractivity (Wildman–Crippen MR) is 111 cm³/mol. The molecule has 0 aromatic heterocycles. The van der Waals surface area contributed by atoms with Gasteiger partial charge in [-0.3, -0.25) is 4.90 Å². The zero-order valence-corrected chi connectivity index (χ0v) is 16.2.